The first-order valence-electron chi connectivity index (χ1n) is 8.60. The van der Waals surface area contributed by atoms with Gasteiger partial charge in [0.05, 0.1) is 0 Å². The zero-order valence-electron chi connectivity index (χ0n) is 14.0. The Hall–Kier alpha value is -1.40. The van der Waals surface area contributed by atoms with Crippen molar-refractivity contribution < 1.29 is 18.3 Å². The third-order valence-electron chi connectivity index (χ3n) is 5.28. The van der Waals surface area contributed by atoms with E-state index in [1.165, 1.54) is 6.42 Å². The van der Waals surface area contributed by atoms with Gasteiger partial charge >= 0.3 is 0 Å². The smallest absolute Gasteiger partial charge is 0.272 e. The quantitative estimate of drug-likeness (QED) is 0.822. The van der Waals surface area contributed by atoms with E-state index in [0.717, 1.165) is 25.7 Å². The second-order valence-corrected chi connectivity index (χ2v) is 6.91. The maximum atomic E-state index is 12.5. The van der Waals surface area contributed by atoms with Crippen molar-refractivity contribution in [2.75, 3.05) is 11.9 Å². The number of halogens is 3. The number of nitrogens with one attached hydrogen (secondary N) is 1. The van der Waals surface area contributed by atoms with Crippen molar-refractivity contribution >= 4 is 24.0 Å². The number of alkyl halides is 2. The third-order valence-corrected chi connectivity index (χ3v) is 5.28. The van der Waals surface area contributed by atoms with E-state index in [0.29, 0.717) is 23.3 Å². The number of nitrogens with two attached hydrogens (primary N) is 1. The standard InChI is InChI=1S/C18H24F2N2O2.ClH/c19-16(20)10-24-15-6-4-14(5-7-15)22-18(23)13-8-11-2-1-3-12(9-13)17(11)21;/h4-7,11-13,16-17H,1-3,8-10,21H2,(H,22,23);1H. The number of carbonyl (C=O) groups is 1. The zero-order valence-corrected chi connectivity index (χ0v) is 14.8. The van der Waals surface area contributed by atoms with E-state index in [1.807, 2.05) is 0 Å². The maximum Gasteiger partial charge on any atom is 0.272 e. The Morgan fingerprint density at radius 1 is 1.20 bits per heavy atom. The lowest BCUT2D eigenvalue weighted by Gasteiger charge is -2.43. The van der Waals surface area contributed by atoms with Gasteiger partial charge in [0.2, 0.25) is 5.91 Å². The van der Waals surface area contributed by atoms with Gasteiger partial charge in [-0.2, -0.15) is 0 Å². The molecule has 4 nitrogen and oxygen atoms in total. The molecule has 140 valence electrons. The van der Waals surface area contributed by atoms with Crippen molar-refractivity contribution in [3.8, 4) is 5.75 Å². The summed E-state index contributed by atoms with van der Waals surface area (Å²) in [6.45, 7) is -0.628. The molecule has 0 radical (unpaired) electrons. The van der Waals surface area contributed by atoms with Gasteiger partial charge in [0, 0.05) is 17.6 Å². The van der Waals surface area contributed by atoms with Gasteiger partial charge in [-0.05, 0) is 61.8 Å². The van der Waals surface area contributed by atoms with Crippen LogP contribution in [0.15, 0.2) is 24.3 Å². The summed E-state index contributed by atoms with van der Waals surface area (Å²) in [4.78, 5) is 12.5. The van der Waals surface area contributed by atoms with Crippen molar-refractivity contribution in [2.24, 2.45) is 23.5 Å². The van der Waals surface area contributed by atoms with Crippen LogP contribution in [0.4, 0.5) is 14.5 Å². The van der Waals surface area contributed by atoms with Gasteiger partial charge in [-0.1, -0.05) is 6.42 Å². The highest BCUT2D eigenvalue weighted by Crippen LogP contribution is 2.42. The van der Waals surface area contributed by atoms with E-state index >= 15 is 0 Å². The number of ether oxygens (including phenoxy) is 1. The van der Waals surface area contributed by atoms with Crippen LogP contribution < -0.4 is 15.8 Å². The average molecular weight is 375 g/mol. The number of benzene rings is 1. The summed E-state index contributed by atoms with van der Waals surface area (Å²) in [7, 11) is 0. The van der Waals surface area contributed by atoms with Crippen molar-refractivity contribution in [1.82, 2.24) is 0 Å². The van der Waals surface area contributed by atoms with Crippen LogP contribution in [0.3, 0.4) is 0 Å². The molecule has 1 aromatic rings. The summed E-state index contributed by atoms with van der Waals surface area (Å²) in [6, 6.07) is 6.77. The van der Waals surface area contributed by atoms with Gasteiger partial charge in [-0.15, -0.1) is 12.4 Å². The maximum absolute atomic E-state index is 12.5. The first kappa shape index (κ1) is 19.9. The number of carbonyl (C=O) groups excluding carboxylic acids is 1. The highest BCUT2D eigenvalue weighted by molar-refractivity contribution is 5.92. The Labute approximate surface area is 152 Å². The molecule has 0 aliphatic heterocycles. The molecule has 2 saturated carbocycles. The molecule has 7 heteroatoms. The molecule has 25 heavy (non-hydrogen) atoms. The highest BCUT2D eigenvalue weighted by atomic mass is 35.5. The number of hydrogen-bond donors (Lipinski definition) is 2. The van der Waals surface area contributed by atoms with E-state index in [1.54, 1.807) is 24.3 Å². The molecule has 1 aromatic carbocycles. The van der Waals surface area contributed by atoms with Gasteiger partial charge < -0.3 is 15.8 Å². The minimum Gasteiger partial charge on any atom is -0.488 e. The molecule has 2 unspecified atom stereocenters. The fourth-order valence-electron chi connectivity index (χ4n) is 4.04. The number of fused-ring (bicyclic) bond motifs is 2. The van der Waals surface area contributed by atoms with Gasteiger partial charge in [0.1, 0.15) is 12.4 Å². The molecule has 3 N–H and O–H groups in total. The van der Waals surface area contributed by atoms with Gasteiger partial charge in [-0.3, -0.25) is 4.79 Å². The van der Waals surface area contributed by atoms with Crippen molar-refractivity contribution in [3.63, 3.8) is 0 Å². The molecule has 1 amide bonds. The molecular weight excluding hydrogens is 350 g/mol. The van der Waals surface area contributed by atoms with Crippen LogP contribution in [0.1, 0.15) is 32.1 Å². The van der Waals surface area contributed by atoms with Crippen LogP contribution in [0.2, 0.25) is 0 Å². The van der Waals surface area contributed by atoms with Crippen LogP contribution in [-0.4, -0.2) is 25.0 Å². The monoisotopic (exact) mass is 374 g/mol. The van der Waals surface area contributed by atoms with Gasteiger partial charge in [-0.25, -0.2) is 8.78 Å². The van der Waals surface area contributed by atoms with E-state index < -0.39 is 13.0 Å². The lowest BCUT2D eigenvalue weighted by Crippen LogP contribution is -2.48. The Bertz CT molecular complexity index is 557. The number of anilines is 1. The predicted molar refractivity (Wildman–Crippen MR) is 95.3 cm³/mol. The Kier molecular flexibility index (Phi) is 7.02. The molecule has 3 rings (SSSR count). The fourth-order valence-corrected chi connectivity index (χ4v) is 4.04. The molecule has 0 aromatic heterocycles. The van der Waals surface area contributed by atoms with Crippen LogP contribution in [0.25, 0.3) is 0 Å². The molecular formula is C18H25ClF2N2O2. The van der Waals surface area contributed by atoms with Gasteiger partial charge in [0.15, 0.2) is 0 Å². The largest absolute Gasteiger partial charge is 0.488 e. The zero-order chi connectivity index (χ0) is 17.1. The number of rotatable bonds is 5. The summed E-state index contributed by atoms with van der Waals surface area (Å²) in [5.74, 6) is 1.32. The van der Waals surface area contributed by atoms with Crippen LogP contribution in [0.5, 0.6) is 5.75 Å². The summed E-state index contributed by atoms with van der Waals surface area (Å²) < 4.78 is 29.2. The normalized spacial score (nSPS) is 28.2. The molecule has 2 aliphatic carbocycles. The third kappa shape index (κ3) is 5.05. The van der Waals surface area contributed by atoms with Crippen LogP contribution >= 0.6 is 12.4 Å². The van der Waals surface area contributed by atoms with E-state index in [2.05, 4.69) is 5.32 Å². The van der Waals surface area contributed by atoms with Crippen molar-refractivity contribution in [3.05, 3.63) is 24.3 Å². The molecule has 0 heterocycles. The SMILES string of the molecule is Cl.NC1C2CCCC1CC(C(=O)Nc1ccc(OCC(F)F)cc1)C2. The summed E-state index contributed by atoms with van der Waals surface area (Å²) >= 11 is 0. The van der Waals surface area contributed by atoms with Crippen LogP contribution in [0, 0.1) is 17.8 Å². The Balaban J connectivity index is 0.00000225. The van der Waals surface area contributed by atoms with E-state index in [4.69, 9.17) is 10.5 Å². The summed E-state index contributed by atoms with van der Waals surface area (Å²) in [5, 5.41) is 2.92. The summed E-state index contributed by atoms with van der Waals surface area (Å²) in [6.07, 6.45) is 2.69. The van der Waals surface area contributed by atoms with Crippen molar-refractivity contribution in [2.45, 2.75) is 44.6 Å². The Morgan fingerprint density at radius 2 is 1.80 bits per heavy atom. The minimum atomic E-state index is -2.50. The van der Waals surface area contributed by atoms with Crippen LogP contribution in [-0.2, 0) is 4.79 Å². The van der Waals surface area contributed by atoms with E-state index in [-0.39, 0.29) is 30.3 Å². The summed E-state index contributed by atoms with van der Waals surface area (Å²) in [5.41, 5.74) is 6.92. The fraction of sp³-hybridized carbons (Fsp3) is 0.611. The first-order chi connectivity index (χ1) is 11.5. The lowest BCUT2D eigenvalue weighted by atomic mass is 9.65. The second-order valence-electron chi connectivity index (χ2n) is 6.91. The molecule has 0 spiro atoms. The molecule has 2 aliphatic rings. The molecule has 2 atom stereocenters. The lowest BCUT2D eigenvalue weighted by molar-refractivity contribution is -0.122. The van der Waals surface area contributed by atoms with Crippen molar-refractivity contribution in [1.29, 1.82) is 0 Å². The Morgan fingerprint density at radius 3 is 2.36 bits per heavy atom. The average Bonchev–Trinajstić information content (AvgIpc) is 2.53. The molecule has 0 saturated heterocycles. The molecule has 2 bridgehead atoms. The minimum absolute atomic E-state index is 0. The second kappa shape index (κ2) is 8.81. The highest BCUT2D eigenvalue weighted by Gasteiger charge is 2.40. The topological polar surface area (TPSA) is 64.4 Å². The number of hydrogen-bond acceptors (Lipinski definition) is 3. The predicted octanol–water partition coefficient (Wildman–Crippen LogP) is 3.84. The van der Waals surface area contributed by atoms with E-state index in [9.17, 15) is 13.6 Å². The van der Waals surface area contributed by atoms with Gasteiger partial charge in [0.25, 0.3) is 6.43 Å². The number of amides is 1. The first-order valence-corrected chi connectivity index (χ1v) is 8.60. The molecule has 2 fully saturated rings.